The van der Waals surface area contributed by atoms with E-state index in [1.807, 2.05) is 30.3 Å². The maximum Gasteiger partial charge on any atom is 0.337 e. The molecule has 1 rings (SSSR count). The minimum atomic E-state index is -0.947. The van der Waals surface area contributed by atoms with E-state index in [1.54, 1.807) is 0 Å². The van der Waals surface area contributed by atoms with Crippen LogP contribution in [0, 0.1) is 16.5 Å². The first kappa shape index (κ1) is 17.8. The summed E-state index contributed by atoms with van der Waals surface area (Å²) in [6.07, 6.45) is 0.936. The van der Waals surface area contributed by atoms with Gasteiger partial charge < -0.3 is 9.63 Å². The van der Waals surface area contributed by atoms with E-state index >= 15 is 0 Å². The Morgan fingerprint density at radius 1 is 1.24 bits per heavy atom. The Balaban J connectivity index is 2.96. The molecule has 1 aromatic rings. The largest absolute Gasteiger partial charge is 0.621 e. The fraction of sp³-hybridized carbons (Fsp3) is 0.588. The van der Waals surface area contributed by atoms with Crippen LogP contribution in [0.2, 0.25) is 13.1 Å². The molecule has 1 atom stereocenters. The Kier molecular flexibility index (Phi) is 6.46. The van der Waals surface area contributed by atoms with Gasteiger partial charge in [-0.15, -0.1) is 0 Å². The molecule has 1 aromatic carbocycles. The van der Waals surface area contributed by atoms with E-state index in [4.69, 9.17) is 4.43 Å². The number of hydrogen-bond donors (Lipinski definition) is 0. The molecular formula is C17H28NO2Si. The predicted octanol–water partition coefficient (Wildman–Crippen LogP) is 4.44. The normalized spacial score (nSPS) is 14.8. The molecule has 0 aromatic heterocycles. The van der Waals surface area contributed by atoms with Crippen LogP contribution in [-0.4, -0.2) is 19.7 Å². The molecule has 4 heteroatoms. The SMILES string of the molecule is C[C@H](CC(C)(C)C)C(O[Si](C)C)=[N+]([O-])Cc1ccccc1. The molecule has 0 aliphatic rings. The quantitative estimate of drug-likeness (QED) is 0.201. The molecule has 0 amide bonds. The highest BCUT2D eigenvalue weighted by atomic mass is 28.3. The minimum absolute atomic E-state index is 0.131. The summed E-state index contributed by atoms with van der Waals surface area (Å²) in [6.45, 7) is 13.1. The zero-order valence-electron chi connectivity index (χ0n) is 14.1. The van der Waals surface area contributed by atoms with Crippen LogP contribution in [0.5, 0.6) is 0 Å². The lowest BCUT2D eigenvalue weighted by Gasteiger charge is -2.24. The summed E-state index contributed by atoms with van der Waals surface area (Å²) in [4.78, 5) is 0. The molecule has 1 radical (unpaired) electrons. The molecule has 0 fully saturated rings. The van der Waals surface area contributed by atoms with Gasteiger partial charge in [0.15, 0.2) is 6.54 Å². The molecule has 0 unspecified atom stereocenters. The molecule has 3 nitrogen and oxygen atoms in total. The summed E-state index contributed by atoms with van der Waals surface area (Å²) in [7, 11) is -0.947. The molecule has 0 N–H and O–H groups in total. The third-order valence-electron chi connectivity index (χ3n) is 3.06. The van der Waals surface area contributed by atoms with Gasteiger partial charge in [-0.1, -0.05) is 51.1 Å². The van der Waals surface area contributed by atoms with Crippen LogP contribution in [0.4, 0.5) is 0 Å². The van der Waals surface area contributed by atoms with Crippen molar-refractivity contribution in [3.05, 3.63) is 41.1 Å². The smallest absolute Gasteiger partial charge is 0.337 e. The van der Waals surface area contributed by atoms with Gasteiger partial charge in [0, 0.05) is 5.56 Å². The van der Waals surface area contributed by atoms with Gasteiger partial charge in [-0.05, 0) is 31.9 Å². The van der Waals surface area contributed by atoms with Gasteiger partial charge in [0.05, 0.1) is 5.92 Å². The van der Waals surface area contributed by atoms with Crippen LogP contribution in [0.3, 0.4) is 0 Å². The Morgan fingerprint density at radius 2 is 1.81 bits per heavy atom. The first-order chi connectivity index (χ1) is 9.69. The lowest BCUT2D eigenvalue weighted by Crippen LogP contribution is -2.31. The monoisotopic (exact) mass is 306 g/mol. The third kappa shape index (κ3) is 6.80. The van der Waals surface area contributed by atoms with Gasteiger partial charge in [0.2, 0.25) is 0 Å². The molecule has 0 aliphatic heterocycles. The van der Waals surface area contributed by atoms with Crippen molar-refractivity contribution in [2.45, 2.75) is 53.8 Å². The van der Waals surface area contributed by atoms with Crippen molar-refractivity contribution in [3.8, 4) is 0 Å². The Bertz CT molecular complexity index is 463. The number of rotatable bonds is 5. The number of nitrogens with zero attached hydrogens (tertiary/aromatic N) is 1. The third-order valence-corrected chi connectivity index (χ3v) is 3.68. The zero-order valence-corrected chi connectivity index (χ0v) is 15.1. The summed E-state index contributed by atoms with van der Waals surface area (Å²) >= 11 is 0. The zero-order chi connectivity index (χ0) is 16.0. The molecule has 0 saturated carbocycles. The lowest BCUT2D eigenvalue weighted by molar-refractivity contribution is -0.485. The maximum atomic E-state index is 12.5. The highest BCUT2D eigenvalue weighted by Crippen LogP contribution is 2.25. The summed E-state index contributed by atoms with van der Waals surface area (Å²) in [5.41, 5.74) is 1.19. The fourth-order valence-electron chi connectivity index (χ4n) is 2.44. The summed E-state index contributed by atoms with van der Waals surface area (Å²) in [6, 6.07) is 9.82. The lowest BCUT2D eigenvalue weighted by atomic mass is 9.85. The van der Waals surface area contributed by atoms with Gasteiger partial charge in [-0.2, -0.15) is 4.74 Å². The maximum absolute atomic E-state index is 12.5. The van der Waals surface area contributed by atoms with Crippen molar-refractivity contribution in [2.24, 2.45) is 11.3 Å². The van der Waals surface area contributed by atoms with Gasteiger partial charge in [-0.25, -0.2) is 0 Å². The first-order valence-electron chi connectivity index (χ1n) is 7.52. The molecule has 0 aliphatic carbocycles. The molecule has 117 valence electrons. The minimum Gasteiger partial charge on any atom is -0.621 e. The number of hydroxylamine groups is 1. The van der Waals surface area contributed by atoms with Crippen molar-refractivity contribution in [1.82, 2.24) is 0 Å². The summed E-state index contributed by atoms with van der Waals surface area (Å²) < 4.78 is 6.96. The van der Waals surface area contributed by atoms with Gasteiger partial charge in [0.1, 0.15) is 0 Å². The van der Waals surface area contributed by atoms with E-state index in [1.165, 1.54) is 0 Å². The summed E-state index contributed by atoms with van der Waals surface area (Å²) in [5.74, 6) is 0.721. The number of benzene rings is 1. The number of hydrogen-bond acceptors (Lipinski definition) is 2. The van der Waals surface area contributed by atoms with Crippen LogP contribution in [0.1, 0.15) is 39.7 Å². The Morgan fingerprint density at radius 3 is 2.29 bits per heavy atom. The first-order valence-corrected chi connectivity index (χ1v) is 9.93. The second-order valence-electron chi connectivity index (χ2n) is 7.04. The van der Waals surface area contributed by atoms with E-state index in [-0.39, 0.29) is 11.3 Å². The van der Waals surface area contributed by atoms with E-state index in [2.05, 4.69) is 40.8 Å². The second kappa shape index (κ2) is 7.64. The van der Waals surface area contributed by atoms with Crippen LogP contribution in [0.25, 0.3) is 0 Å². The van der Waals surface area contributed by atoms with Gasteiger partial charge in [0.25, 0.3) is 9.04 Å². The van der Waals surface area contributed by atoms with Crippen LogP contribution < -0.4 is 0 Å². The van der Waals surface area contributed by atoms with Crippen molar-refractivity contribution >= 4 is 14.9 Å². The van der Waals surface area contributed by atoms with E-state index < -0.39 is 9.04 Å². The molecule has 0 bridgehead atoms. The van der Waals surface area contributed by atoms with Crippen LogP contribution >= 0.6 is 0 Å². The van der Waals surface area contributed by atoms with Crippen molar-refractivity contribution < 1.29 is 9.16 Å². The Labute approximate surface area is 131 Å². The van der Waals surface area contributed by atoms with Gasteiger partial charge in [-0.3, -0.25) is 0 Å². The summed E-state index contributed by atoms with van der Waals surface area (Å²) in [5, 5.41) is 12.5. The van der Waals surface area contributed by atoms with Crippen molar-refractivity contribution in [1.29, 1.82) is 0 Å². The average Bonchev–Trinajstić information content (AvgIpc) is 2.34. The van der Waals surface area contributed by atoms with Gasteiger partial charge >= 0.3 is 5.90 Å². The van der Waals surface area contributed by atoms with Crippen LogP contribution in [0.15, 0.2) is 30.3 Å². The molecular weight excluding hydrogens is 278 g/mol. The molecule has 21 heavy (non-hydrogen) atoms. The fourth-order valence-corrected chi connectivity index (χ4v) is 3.16. The van der Waals surface area contributed by atoms with Crippen molar-refractivity contribution in [3.63, 3.8) is 0 Å². The van der Waals surface area contributed by atoms with E-state index in [9.17, 15) is 5.21 Å². The molecule has 0 heterocycles. The second-order valence-corrected chi connectivity index (χ2v) is 9.06. The van der Waals surface area contributed by atoms with E-state index in [0.717, 1.165) is 16.7 Å². The van der Waals surface area contributed by atoms with Crippen molar-refractivity contribution in [2.75, 3.05) is 0 Å². The topological polar surface area (TPSA) is 35.3 Å². The highest BCUT2D eigenvalue weighted by molar-refractivity contribution is 6.50. The standard InChI is InChI=1S/C17H28NO2Si/c1-14(12-17(2,3)4)16(20-21(5)6)18(19)13-15-10-8-7-9-11-15/h7-11,14H,12-13H2,1-6H3/t14-/m1/s1. The Hall–Kier alpha value is -1.29. The highest BCUT2D eigenvalue weighted by Gasteiger charge is 2.27. The van der Waals surface area contributed by atoms with Crippen LogP contribution in [-0.2, 0) is 11.0 Å². The predicted molar refractivity (Wildman–Crippen MR) is 90.6 cm³/mol. The average molecular weight is 307 g/mol. The molecule has 0 spiro atoms. The van der Waals surface area contributed by atoms with E-state index in [0.29, 0.717) is 12.4 Å². The molecule has 0 saturated heterocycles.